The second-order valence-corrected chi connectivity index (χ2v) is 3.68. The van der Waals surface area contributed by atoms with Gasteiger partial charge in [-0.2, -0.15) is 0 Å². The van der Waals surface area contributed by atoms with Gasteiger partial charge < -0.3 is 4.74 Å². The highest BCUT2D eigenvalue weighted by Gasteiger charge is 1.98. The molecule has 1 aromatic rings. The predicted octanol–water partition coefficient (Wildman–Crippen LogP) is 2.95. The van der Waals surface area contributed by atoms with E-state index in [-0.39, 0.29) is 12.4 Å². The molecular weight excluding hydrogens is 224 g/mol. The molecule has 1 aromatic carbocycles. The lowest BCUT2D eigenvalue weighted by atomic mass is 10.1. The third-order valence-corrected chi connectivity index (χ3v) is 2.20. The summed E-state index contributed by atoms with van der Waals surface area (Å²) in [4.78, 5) is 11.0. The van der Waals surface area contributed by atoms with E-state index in [0.29, 0.717) is 11.6 Å². The molecule has 0 atom stereocenters. The lowest BCUT2D eigenvalue weighted by Gasteiger charge is -1.98. The number of rotatable bonds is 2. The molecule has 3 heteroatoms. The summed E-state index contributed by atoms with van der Waals surface area (Å²) in [5.74, 6) is 5.38. The van der Waals surface area contributed by atoms with Crippen LogP contribution in [0.3, 0.4) is 0 Å². The summed E-state index contributed by atoms with van der Waals surface area (Å²) in [5, 5.41) is 0.644. The minimum Gasteiger partial charge on any atom is -0.465 e. The Bertz CT molecular complexity index is 441. The van der Waals surface area contributed by atoms with Crippen LogP contribution in [-0.2, 0) is 9.53 Å². The maximum absolute atomic E-state index is 11.0. The normalized spacial score (nSPS) is 9.19. The van der Waals surface area contributed by atoms with E-state index in [2.05, 4.69) is 11.8 Å². The van der Waals surface area contributed by atoms with Crippen LogP contribution < -0.4 is 0 Å². The van der Waals surface area contributed by atoms with Crippen LogP contribution >= 0.6 is 11.6 Å². The molecule has 16 heavy (non-hydrogen) atoms. The molecular formula is C13H13ClO2. The highest BCUT2D eigenvalue weighted by molar-refractivity contribution is 6.30. The van der Waals surface area contributed by atoms with E-state index in [1.807, 2.05) is 19.1 Å². The van der Waals surface area contributed by atoms with Crippen molar-refractivity contribution >= 4 is 17.6 Å². The zero-order valence-electron chi connectivity index (χ0n) is 9.34. The van der Waals surface area contributed by atoms with Crippen molar-refractivity contribution in [3.63, 3.8) is 0 Å². The first kappa shape index (κ1) is 12.6. The first-order chi connectivity index (χ1) is 7.63. The lowest BCUT2D eigenvalue weighted by molar-refractivity contribution is -0.141. The van der Waals surface area contributed by atoms with Gasteiger partial charge in [-0.15, -0.1) is 0 Å². The van der Waals surface area contributed by atoms with Gasteiger partial charge in [0.15, 0.2) is 0 Å². The van der Waals surface area contributed by atoms with Gasteiger partial charge in [-0.25, -0.2) is 0 Å². The van der Waals surface area contributed by atoms with E-state index >= 15 is 0 Å². The molecule has 0 fully saturated rings. The van der Waals surface area contributed by atoms with Crippen molar-refractivity contribution in [1.29, 1.82) is 0 Å². The van der Waals surface area contributed by atoms with Crippen molar-refractivity contribution in [1.82, 2.24) is 0 Å². The highest BCUT2D eigenvalue weighted by atomic mass is 35.5. The zero-order valence-corrected chi connectivity index (χ0v) is 10.1. The Morgan fingerprint density at radius 2 is 2.25 bits per heavy atom. The highest BCUT2D eigenvalue weighted by Crippen LogP contribution is 2.14. The van der Waals surface area contributed by atoms with Crippen molar-refractivity contribution < 1.29 is 9.53 Å². The summed E-state index contributed by atoms with van der Waals surface area (Å²) >= 11 is 5.85. The summed E-state index contributed by atoms with van der Waals surface area (Å²) in [7, 11) is 0. The van der Waals surface area contributed by atoms with Crippen LogP contribution in [0.25, 0.3) is 0 Å². The van der Waals surface area contributed by atoms with Crippen LogP contribution in [0.1, 0.15) is 24.5 Å². The third-order valence-electron chi connectivity index (χ3n) is 1.96. The minimum absolute atomic E-state index is 0.111. The molecule has 0 saturated heterocycles. The van der Waals surface area contributed by atoms with E-state index in [4.69, 9.17) is 16.3 Å². The number of aryl methyl sites for hydroxylation is 1. The fraction of sp³-hybridized carbons (Fsp3) is 0.308. The molecule has 1 rings (SSSR count). The van der Waals surface area contributed by atoms with Gasteiger partial charge in [0.1, 0.15) is 6.42 Å². The van der Waals surface area contributed by atoms with E-state index in [1.54, 1.807) is 13.0 Å². The van der Waals surface area contributed by atoms with Gasteiger partial charge >= 0.3 is 5.97 Å². The maximum atomic E-state index is 11.0. The molecule has 0 aromatic heterocycles. The number of esters is 1. The van der Waals surface area contributed by atoms with Crippen LogP contribution in [0.15, 0.2) is 18.2 Å². The lowest BCUT2D eigenvalue weighted by Crippen LogP contribution is -2.01. The molecule has 0 heterocycles. The molecule has 0 spiro atoms. The molecule has 0 amide bonds. The molecule has 0 aliphatic heterocycles. The molecule has 0 saturated carbocycles. The first-order valence-electron chi connectivity index (χ1n) is 5.04. The Morgan fingerprint density at radius 1 is 1.50 bits per heavy atom. The molecule has 0 aliphatic carbocycles. The predicted molar refractivity (Wildman–Crippen MR) is 64.3 cm³/mol. The van der Waals surface area contributed by atoms with Crippen molar-refractivity contribution in [2.24, 2.45) is 0 Å². The molecule has 84 valence electrons. The topological polar surface area (TPSA) is 26.3 Å². The summed E-state index contributed by atoms with van der Waals surface area (Å²) < 4.78 is 4.77. The average Bonchev–Trinajstić information content (AvgIpc) is 2.23. The summed E-state index contributed by atoms with van der Waals surface area (Å²) in [5.41, 5.74) is 1.89. The molecule has 0 N–H and O–H groups in total. The summed E-state index contributed by atoms with van der Waals surface area (Å²) in [6.07, 6.45) is 0.111. The van der Waals surface area contributed by atoms with Gasteiger partial charge in [0.25, 0.3) is 0 Å². The van der Waals surface area contributed by atoms with E-state index in [0.717, 1.165) is 11.1 Å². The van der Waals surface area contributed by atoms with Crippen LogP contribution in [0.4, 0.5) is 0 Å². The SMILES string of the molecule is CCOC(=O)CC#Cc1cc(Cl)ccc1C. The van der Waals surface area contributed by atoms with Gasteiger partial charge in [-0.1, -0.05) is 29.5 Å². The molecule has 2 nitrogen and oxygen atoms in total. The Hall–Kier alpha value is -1.46. The van der Waals surface area contributed by atoms with Gasteiger partial charge in [-0.3, -0.25) is 4.79 Å². The number of carbonyl (C=O) groups is 1. The van der Waals surface area contributed by atoms with Crippen LogP contribution in [0.5, 0.6) is 0 Å². The van der Waals surface area contributed by atoms with Crippen molar-refractivity contribution in [2.45, 2.75) is 20.3 Å². The zero-order chi connectivity index (χ0) is 12.0. The van der Waals surface area contributed by atoms with Gasteiger partial charge in [0.05, 0.1) is 6.61 Å². The summed E-state index contributed by atoms with van der Waals surface area (Å²) in [6.45, 7) is 4.11. The Kier molecular flexibility index (Phi) is 4.88. The number of ether oxygens (including phenoxy) is 1. The monoisotopic (exact) mass is 236 g/mol. The van der Waals surface area contributed by atoms with Crippen LogP contribution in [0, 0.1) is 18.8 Å². The van der Waals surface area contributed by atoms with Crippen LogP contribution in [-0.4, -0.2) is 12.6 Å². The van der Waals surface area contributed by atoms with Gasteiger partial charge in [0, 0.05) is 10.6 Å². The van der Waals surface area contributed by atoms with E-state index in [1.165, 1.54) is 0 Å². The smallest absolute Gasteiger partial charge is 0.317 e. The summed E-state index contributed by atoms with van der Waals surface area (Å²) in [6, 6.07) is 5.50. The molecule has 0 radical (unpaired) electrons. The standard InChI is InChI=1S/C13H13ClO2/c1-3-16-13(15)6-4-5-11-9-12(14)8-7-10(11)2/h7-9H,3,6H2,1-2H3. The number of benzene rings is 1. The largest absolute Gasteiger partial charge is 0.465 e. The van der Waals surface area contributed by atoms with Gasteiger partial charge in [-0.05, 0) is 31.5 Å². The quantitative estimate of drug-likeness (QED) is 0.583. The fourth-order valence-corrected chi connectivity index (χ4v) is 1.32. The first-order valence-corrected chi connectivity index (χ1v) is 5.42. The number of halogens is 1. The van der Waals surface area contributed by atoms with Gasteiger partial charge in [0.2, 0.25) is 0 Å². The van der Waals surface area contributed by atoms with E-state index in [9.17, 15) is 4.79 Å². The average molecular weight is 237 g/mol. The number of hydrogen-bond acceptors (Lipinski definition) is 2. The Balaban J connectivity index is 2.69. The van der Waals surface area contributed by atoms with Crippen molar-refractivity contribution in [3.8, 4) is 11.8 Å². The Labute approximate surface area is 101 Å². The number of carbonyl (C=O) groups excluding carboxylic acids is 1. The molecule has 0 bridgehead atoms. The molecule has 0 unspecified atom stereocenters. The minimum atomic E-state index is -0.297. The maximum Gasteiger partial charge on any atom is 0.317 e. The number of hydrogen-bond donors (Lipinski definition) is 0. The van der Waals surface area contributed by atoms with Crippen LogP contribution in [0.2, 0.25) is 5.02 Å². The van der Waals surface area contributed by atoms with Crippen molar-refractivity contribution in [2.75, 3.05) is 6.61 Å². The van der Waals surface area contributed by atoms with Crippen molar-refractivity contribution in [3.05, 3.63) is 34.3 Å². The second-order valence-electron chi connectivity index (χ2n) is 3.24. The Morgan fingerprint density at radius 3 is 2.94 bits per heavy atom. The molecule has 0 aliphatic rings. The fourth-order valence-electron chi connectivity index (χ4n) is 1.15. The third kappa shape index (κ3) is 3.96. The van der Waals surface area contributed by atoms with E-state index < -0.39 is 0 Å². The second kappa shape index (κ2) is 6.19.